The molecule has 1 aromatic carbocycles. The number of aromatic nitrogens is 6. The van der Waals surface area contributed by atoms with Gasteiger partial charge in [-0.15, -0.1) is 0 Å². The molecule has 178 valence electrons. The lowest BCUT2D eigenvalue weighted by atomic mass is 10.1. The van der Waals surface area contributed by atoms with Crippen molar-refractivity contribution in [1.29, 1.82) is 0 Å². The maximum atomic E-state index is 9.43. The Kier molecular flexibility index (Phi) is 6.30. The Balaban J connectivity index is 1.59. The molecule has 9 heteroatoms. The molecular weight excluding hydrogens is 432 g/mol. The molecule has 0 aliphatic carbocycles. The number of hydrogen-bond donors (Lipinski definition) is 1. The molecule has 3 aromatic heterocycles. The Morgan fingerprint density at radius 2 is 2.09 bits per heavy atom. The third kappa shape index (κ3) is 4.41. The van der Waals surface area contributed by atoms with E-state index < -0.39 is 0 Å². The maximum Gasteiger partial charge on any atom is 0.181 e. The van der Waals surface area contributed by atoms with Crippen molar-refractivity contribution in [3.63, 3.8) is 0 Å². The monoisotopic (exact) mass is 462 g/mol. The van der Waals surface area contributed by atoms with Gasteiger partial charge in [-0.05, 0) is 64.3 Å². The van der Waals surface area contributed by atoms with Crippen molar-refractivity contribution in [2.75, 3.05) is 13.2 Å². The van der Waals surface area contributed by atoms with E-state index >= 15 is 0 Å². The first-order chi connectivity index (χ1) is 16.5. The van der Waals surface area contributed by atoms with Crippen LogP contribution in [0.25, 0.3) is 33.7 Å². The largest absolute Gasteiger partial charge is 0.491 e. The van der Waals surface area contributed by atoms with E-state index in [0.717, 1.165) is 53.8 Å². The topological polar surface area (TPSA) is 100 Å². The summed E-state index contributed by atoms with van der Waals surface area (Å²) in [5.41, 5.74) is 3.26. The maximum absolute atomic E-state index is 9.43. The summed E-state index contributed by atoms with van der Waals surface area (Å²) in [6.07, 6.45) is 8.43. The lowest BCUT2D eigenvalue weighted by Gasteiger charge is -2.23. The molecule has 0 bridgehead atoms. The first kappa shape index (κ1) is 22.5. The molecule has 4 heterocycles. The molecule has 5 rings (SSSR count). The fourth-order valence-corrected chi connectivity index (χ4v) is 4.20. The second-order valence-corrected chi connectivity index (χ2v) is 8.97. The molecule has 9 nitrogen and oxygen atoms in total. The number of nitrogens with zero attached hydrogens (tertiary/aromatic N) is 6. The van der Waals surface area contributed by atoms with Gasteiger partial charge in [-0.25, -0.2) is 14.6 Å². The summed E-state index contributed by atoms with van der Waals surface area (Å²) in [6, 6.07) is 7.76. The predicted octanol–water partition coefficient (Wildman–Crippen LogP) is 4.40. The van der Waals surface area contributed by atoms with Gasteiger partial charge in [0.1, 0.15) is 11.4 Å². The van der Waals surface area contributed by atoms with Crippen LogP contribution in [0.5, 0.6) is 5.75 Å². The second-order valence-electron chi connectivity index (χ2n) is 8.97. The van der Waals surface area contributed by atoms with Crippen molar-refractivity contribution < 1.29 is 14.6 Å². The Morgan fingerprint density at radius 3 is 2.85 bits per heavy atom. The van der Waals surface area contributed by atoms with Gasteiger partial charge in [0.05, 0.1) is 36.2 Å². The summed E-state index contributed by atoms with van der Waals surface area (Å²) in [4.78, 5) is 9.38. The van der Waals surface area contributed by atoms with Crippen molar-refractivity contribution in [3.05, 3.63) is 42.9 Å². The standard InChI is InChI=1S/C25H30N6O3/c1-16(2)34-19-7-8-22-20(12-19)24(29-31(22)23-6-4-5-11-33-23)25-26-10-9-21(28-25)18-13-27-30(14-18)17(3)15-32/h7-10,12-14,16-17,23,32H,4-6,11,15H2,1-3H3. The van der Waals surface area contributed by atoms with E-state index in [4.69, 9.17) is 19.6 Å². The summed E-state index contributed by atoms with van der Waals surface area (Å²) in [5, 5.41) is 19.7. The van der Waals surface area contributed by atoms with Crippen LogP contribution < -0.4 is 4.74 Å². The van der Waals surface area contributed by atoms with Crippen LogP contribution in [0.15, 0.2) is 42.9 Å². The highest BCUT2D eigenvalue weighted by molar-refractivity contribution is 5.93. The Bertz CT molecular complexity index is 1270. The van der Waals surface area contributed by atoms with E-state index in [1.807, 2.05) is 55.9 Å². The van der Waals surface area contributed by atoms with Gasteiger partial charge in [-0.1, -0.05) is 0 Å². The van der Waals surface area contributed by atoms with E-state index in [1.54, 1.807) is 17.1 Å². The fraction of sp³-hybridized carbons (Fsp3) is 0.440. The molecule has 1 fully saturated rings. The number of rotatable bonds is 7. The molecule has 0 spiro atoms. The van der Waals surface area contributed by atoms with Gasteiger partial charge in [0.25, 0.3) is 0 Å². The highest BCUT2D eigenvalue weighted by Crippen LogP contribution is 2.34. The van der Waals surface area contributed by atoms with E-state index in [1.165, 1.54) is 0 Å². The number of aliphatic hydroxyl groups is 1. The number of hydrogen-bond acceptors (Lipinski definition) is 7. The zero-order chi connectivity index (χ0) is 23.7. The summed E-state index contributed by atoms with van der Waals surface area (Å²) < 4.78 is 15.7. The Hall–Kier alpha value is -3.30. The molecule has 2 atom stereocenters. The zero-order valence-electron chi connectivity index (χ0n) is 19.8. The van der Waals surface area contributed by atoms with Crippen molar-refractivity contribution in [3.8, 4) is 28.5 Å². The van der Waals surface area contributed by atoms with Crippen molar-refractivity contribution in [2.24, 2.45) is 0 Å². The predicted molar refractivity (Wildman–Crippen MR) is 128 cm³/mol. The highest BCUT2D eigenvalue weighted by Gasteiger charge is 2.23. The van der Waals surface area contributed by atoms with Crippen LogP contribution in [0.1, 0.15) is 52.3 Å². The molecule has 1 aliphatic rings. The Morgan fingerprint density at radius 1 is 1.21 bits per heavy atom. The van der Waals surface area contributed by atoms with Gasteiger partial charge in [0.15, 0.2) is 12.1 Å². The van der Waals surface area contributed by atoms with Crippen LogP contribution in [0.4, 0.5) is 0 Å². The summed E-state index contributed by atoms with van der Waals surface area (Å²) in [7, 11) is 0. The van der Waals surface area contributed by atoms with Crippen molar-refractivity contribution >= 4 is 10.9 Å². The van der Waals surface area contributed by atoms with Crippen LogP contribution in [-0.4, -0.2) is 54.0 Å². The van der Waals surface area contributed by atoms with Crippen molar-refractivity contribution in [1.82, 2.24) is 29.5 Å². The number of ether oxygens (including phenoxy) is 2. The molecule has 1 N–H and O–H groups in total. The number of aliphatic hydroxyl groups excluding tert-OH is 1. The minimum absolute atomic E-state index is 0.0174. The van der Waals surface area contributed by atoms with Crippen LogP contribution in [-0.2, 0) is 4.74 Å². The molecule has 0 amide bonds. The average Bonchev–Trinajstić information content (AvgIpc) is 3.49. The number of benzene rings is 1. The molecule has 0 saturated carbocycles. The zero-order valence-corrected chi connectivity index (χ0v) is 19.8. The van der Waals surface area contributed by atoms with Gasteiger partial charge in [0, 0.05) is 30.0 Å². The fourth-order valence-electron chi connectivity index (χ4n) is 4.20. The van der Waals surface area contributed by atoms with Crippen LogP contribution in [0.3, 0.4) is 0 Å². The van der Waals surface area contributed by atoms with Gasteiger partial charge in [0.2, 0.25) is 0 Å². The minimum Gasteiger partial charge on any atom is -0.491 e. The van der Waals surface area contributed by atoms with E-state index in [0.29, 0.717) is 11.5 Å². The van der Waals surface area contributed by atoms with Crippen LogP contribution in [0, 0.1) is 0 Å². The lowest BCUT2D eigenvalue weighted by molar-refractivity contribution is -0.0365. The van der Waals surface area contributed by atoms with Crippen LogP contribution >= 0.6 is 0 Å². The summed E-state index contributed by atoms with van der Waals surface area (Å²) in [5.74, 6) is 1.31. The van der Waals surface area contributed by atoms with E-state index in [-0.39, 0.29) is 25.0 Å². The van der Waals surface area contributed by atoms with Gasteiger partial charge < -0.3 is 14.6 Å². The van der Waals surface area contributed by atoms with Crippen LogP contribution in [0.2, 0.25) is 0 Å². The summed E-state index contributed by atoms with van der Waals surface area (Å²) >= 11 is 0. The lowest BCUT2D eigenvalue weighted by Crippen LogP contribution is -2.19. The van der Waals surface area contributed by atoms with Crippen molar-refractivity contribution in [2.45, 2.75) is 58.4 Å². The highest BCUT2D eigenvalue weighted by atomic mass is 16.5. The van der Waals surface area contributed by atoms with E-state index in [2.05, 4.69) is 10.1 Å². The first-order valence-corrected chi connectivity index (χ1v) is 11.8. The third-order valence-corrected chi connectivity index (χ3v) is 5.96. The third-order valence-electron chi connectivity index (χ3n) is 5.96. The normalized spacial score (nSPS) is 17.4. The van der Waals surface area contributed by atoms with E-state index in [9.17, 15) is 5.11 Å². The average molecular weight is 463 g/mol. The molecule has 2 unspecified atom stereocenters. The smallest absolute Gasteiger partial charge is 0.181 e. The molecule has 1 saturated heterocycles. The molecule has 0 radical (unpaired) electrons. The quantitative estimate of drug-likeness (QED) is 0.435. The van der Waals surface area contributed by atoms with Gasteiger partial charge in [-0.3, -0.25) is 4.68 Å². The second kappa shape index (κ2) is 9.52. The summed E-state index contributed by atoms with van der Waals surface area (Å²) in [6.45, 7) is 6.68. The van der Waals surface area contributed by atoms with Gasteiger partial charge >= 0.3 is 0 Å². The molecule has 4 aromatic rings. The molecule has 34 heavy (non-hydrogen) atoms. The molecular formula is C25H30N6O3. The minimum atomic E-state index is -0.108. The molecule has 1 aliphatic heterocycles. The Labute approximate surface area is 198 Å². The first-order valence-electron chi connectivity index (χ1n) is 11.8. The number of fused-ring (bicyclic) bond motifs is 1. The van der Waals surface area contributed by atoms with Gasteiger partial charge in [-0.2, -0.15) is 10.2 Å². The SMILES string of the molecule is CC(C)Oc1ccc2c(c1)c(-c1nccc(-c3cnn(C(C)CO)c3)n1)nn2C1CCCCO1.